The van der Waals surface area contributed by atoms with E-state index in [4.69, 9.17) is 5.11 Å². The minimum absolute atomic E-state index is 0.281. The van der Waals surface area contributed by atoms with Crippen molar-refractivity contribution in [3.8, 4) is 0 Å². The van der Waals surface area contributed by atoms with Crippen LogP contribution in [0.2, 0.25) is 0 Å². The molecular weight excluding hydrogens is 162 g/mol. The lowest BCUT2D eigenvalue weighted by Crippen LogP contribution is -2.41. The molecule has 0 saturated heterocycles. The van der Waals surface area contributed by atoms with Gasteiger partial charge in [-0.1, -0.05) is 20.3 Å². The average Bonchev–Trinajstić information content (AvgIpc) is 2.95. The van der Waals surface area contributed by atoms with E-state index in [2.05, 4.69) is 19.2 Å². The Morgan fingerprint density at radius 2 is 2.08 bits per heavy atom. The van der Waals surface area contributed by atoms with E-state index in [0.717, 1.165) is 12.3 Å². The summed E-state index contributed by atoms with van der Waals surface area (Å²) in [5, 5.41) is 12.6. The normalized spacial score (nSPS) is 21.5. The highest BCUT2D eigenvalue weighted by Crippen LogP contribution is 2.34. The first-order valence-electron chi connectivity index (χ1n) is 5.68. The summed E-state index contributed by atoms with van der Waals surface area (Å²) in [6.45, 7) is 4.64. The zero-order valence-corrected chi connectivity index (χ0v) is 8.92. The number of nitrogens with one attached hydrogen (secondary N) is 1. The molecule has 0 radical (unpaired) electrons. The van der Waals surface area contributed by atoms with E-state index in [1.54, 1.807) is 0 Å². The fraction of sp³-hybridized carbons (Fsp3) is 1.00. The van der Waals surface area contributed by atoms with Crippen molar-refractivity contribution in [2.24, 2.45) is 5.92 Å². The molecule has 2 N–H and O–H groups in total. The summed E-state index contributed by atoms with van der Waals surface area (Å²) in [4.78, 5) is 0. The summed E-state index contributed by atoms with van der Waals surface area (Å²) in [6, 6.07) is 0.985. The molecule has 2 heteroatoms. The third-order valence-electron chi connectivity index (χ3n) is 2.95. The van der Waals surface area contributed by atoms with E-state index >= 15 is 0 Å². The fourth-order valence-corrected chi connectivity index (χ4v) is 1.87. The summed E-state index contributed by atoms with van der Waals surface area (Å²) >= 11 is 0. The van der Waals surface area contributed by atoms with Crippen molar-refractivity contribution in [1.82, 2.24) is 5.32 Å². The highest BCUT2D eigenvalue weighted by molar-refractivity contribution is 4.87. The van der Waals surface area contributed by atoms with Crippen LogP contribution >= 0.6 is 0 Å². The second-order valence-electron chi connectivity index (χ2n) is 4.19. The highest BCUT2D eigenvalue weighted by atomic mass is 16.3. The second kappa shape index (κ2) is 5.61. The number of rotatable bonds is 7. The molecule has 1 unspecified atom stereocenters. The lowest BCUT2D eigenvalue weighted by Gasteiger charge is -2.23. The van der Waals surface area contributed by atoms with Gasteiger partial charge in [-0.3, -0.25) is 0 Å². The summed E-state index contributed by atoms with van der Waals surface area (Å²) in [7, 11) is 0. The van der Waals surface area contributed by atoms with Crippen molar-refractivity contribution < 1.29 is 5.11 Å². The van der Waals surface area contributed by atoms with Crippen LogP contribution in [0.25, 0.3) is 0 Å². The van der Waals surface area contributed by atoms with Gasteiger partial charge < -0.3 is 10.4 Å². The lowest BCUT2D eigenvalue weighted by atomic mass is 10.1. The molecule has 0 aromatic rings. The lowest BCUT2D eigenvalue weighted by molar-refractivity contribution is 0.219. The van der Waals surface area contributed by atoms with Gasteiger partial charge in [0.1, 0.15) is 0 Å². The molecule has 0 aromatic heterocycles. The van der Waals surface area contributed by atoms with Gasteiger partial charge >= 0.3 is 0 Å². The van der Waals surface area contributed by atoms with Gasteiger partial charge in [0.2, 0.25) is 0 Å². The molecule has 0 bridgehead atoms. The first-order valence-corrected chi connectivity index (χ1v) is 5.68. The third kappa shape index (κ3) is 3.65. The Kier molecular flexibility index (Phi) is 4.74. The molecule has 1 rings (SSSR count). The van der Waals surface area contributed by atoms with E-state index in [1.165, 1.54) is 25.7 Å². The van der Waals surface area contributed by atoms with Crippen LogP contribution in [0.5, 0.6) is 0 Å². The van der Waals surface area contributed by atoms with Crippen LogP contribution in [0.15, 0.2) is 0 Å². The summed E-state index contributed by atoms with van der Waals surface area (Å²) in [5.41, 5.74) is 0. The minimum Gasteiger partial charge on any atom is -0.395 e. The van der Waals surface area contributed by atoms with Crippen molar-refractivity contribution in [2.75, 3.05) is 6.61 Å². The predicted octanol–water partition coefficient (Wildman–Crippen LogP) is 1.93. The Morgan fingerprint density at radius 1 is 1.38 bits per heavy atom. The van der Waals surface area contributed by atoms with Crippen LogP contribution in [0.3, 0.4) is 0 Å². The Bertz CT molecular complexity index is 130. The van der Waals surface area contributed by atoms with Gasteiger partial charge in [0.15, 0.2) is 0 Å². The first-order chi connectivity index (χ1) is 6.31. The number of aliphatic hydroxyl groups is 1. The molecule has 13 heavy (non-hydrogen) atoms. The maximum Gasteiger partial charge on any atom is 0.0584 e. The number of hydrogen-bond acceptors (Lipinski definition) is 2. The predicted molar refractivity (Wildman–Crippen MR) is 55.7 cm³/mol. The molecule has 1 aliphatic carbocycles. The van der Waals surface area contributed by atoms with E-state index < -0.39 is 0 Å². The van der Waals surface area contributed by atoms with Crippen molar-refractivity contribution in [3.63, 3.8) is 0 Å². The van der Waals surface area contributed by atoms with Crippen molar-refractivity contribution in [3.05, 3.63) is 0 Å². The Balaban J connectivity index is 2.27. The van der Waals surface area contributed by atoms with Crippen molar-refractivity contribution in [2.45, 2.75) is 58.0 Å². The molecule has 0 spiro atoms. The first kappa shape index (κ1) is 11.0. The van der Waals surface area contributed by atoms with E-state index in [1.807, 2.05) is 0 Å². The monoisotopic (exact) mass is 185 g/mol. The van der Waals surface area contributed by atoms with E-state index in [-0.39, 0.29) is 6.61 Å². The van der Waals surface area contributed by atoms with Gasteiger partial charge in [-0.2, -0.15) is 0 Å². The van der Waals surface area contributed by atoms with Gasteiger partial charge in [0, 0.05) is 12.1 Å². The van der Waals surface area contributed by atoms with Gasteiger partial charge in [-0.05, 0) is 31.6 Å². The van der Waals surface area contributed by atoms with Crippen molar-refractivity contribution >= 4 is 0 Å². The van der Waals surface area contributed by atoms with Gasteiger partial charge in [-0.15, -0.1) is 0 Å². The van der Waals surface area contributed by atoms with E-state index in [0.29, 0.717) is 12.1 Å². The zero-order valence-electron chi connectivity index (χ0n) is 8.92. The molecule has 0 aliphatic heterocycles. The van der Waals surface area contributed by atoms with Crippen LogP contribution in [-0.4, -0.2) is 23.8 Å². The van der Waals surface area contributed by atoms with Crippen LogP contribution < -0.4 is 5.32 Å². The molecule has 0 aromatic carbocycles. The number of hydrogen-bond donors (Lipinski definition) is 2. The quantitative estimate of drug-likeness (QED) is 0.635. The molecule has 2 atom stereocenters. The molecule has 1 aliphatic rings. The zero-order chi connectivity index (χ0) is 9.68. The van der Waals surface area contributed by atoms with Crippen LogP contribution in [0.4, 0.5) is 0 Å². The van der Waals surface area contributed by atoms with E-state index in [9.17, 15) is 0 Å². The molecular formula is C11H23NO. The molecule has 0 amide bonds. The van der Waals surface area contributed by atoms with Crippen LogP contribution in [0.1, 0.15) is 46.0 Å². The Morgan fingerprint density at radius 3 is 2.46 bits per heavy atom. The molecule has 2 nitrogen and oxygen atoms in total. The Labute approximate surface area is 81.7 Å². The van der Waals surface area contributed by atoms with Crippen LogP contribution in [0, 0.1) is 5.92 Å². The number of aliphatic hydroxyl groups excluding tert-OH is 1. The standard InChI is InChI=1S/C11H23NO/c1-3-5-11(9-6-7-9)12-10(4-2)8-13/h9-13H,3-8H2,1-2H3/t10-,11?/m1/s1. The maximum absolute atomic E-state index is 9.08. The average molecular weight is 185 g/mol. The third-order valence-corrected chi connectivity index (χ3v) is 2.95. The fourth-order valence-electron chi connectivity index (χ4n) is 1.87. The summed E-state index contributed by atoms with van der Waals surface area (Å²) < 4.78 is 0. The topological polar surface area (TPSA) is 32.3 Å². The molecule has 0 heterocycles. The van der Waals surface area contributed by atoms with Gasteiger partial charge in [0.25, 0.3) is 0 Å². The smallest absolute Gasteiger partial charge is 0.0584 e. The largest absolute Gasteiger partial charge is 0.395 e. The minimum atomic E-state index is 0.281. The van der Waals surface area contributed by atoms with Gasteiger partial charge in [0.05, 0.1) is 6.61 Å². The maximum atomic E-state index is 9.08. The summed E-state index contributed by atoms with van der Waals surface area (Å²) in [5.74, 6) is 0.903. The molecule has 1 saturated carbocycles. The Hall–Kier alpha value is -0.0800. The van der Waals surface area contributed by atoms with Crippen LogP contribution in [-0.2, 0) is 0 Å². The molecule has 1 fully saturated rings. The van der Waals surface area contributed by atoms with Crippen molar-refractivity contribution in [1.29, 1.82) is 0 Å². The highest BCUT2D eigenvalue weighted by Gasteiger charge is 2.31. The molecule has 78 valence electrons. The SMILES string of the molecule is CCCC(N[C@H](CC)CO)C1CC1. The second-order valence-corrected chi connectivity index (χ2v) is 4.19. The summed E-state index contributed by atoms with van der Waals surface area (Å²) in [6.07, 6.45) is 6.32. The van der Waals surface area contributed by atoms with Gasteiger partial charge in [-0.25, -0.2) is 0 Å².